The highest BCUT2D eigenvalue weighted by atomic mass is 16.5. The minimum atomic E-state index is -0.323. The SMILES string of the molecule is C[C@@H]1CN(c2cnc(C(=O)Nc3cccc4c3OC[C@H](C)n3ncnc3-4)cc2-n2cnc(C3CC3)c2)CCO1. The van der Waals surface area contributed by atoms with E-state index in [1.165, 1.54) is 12.8 Å². The largest absolute Gasteiger partial charge is 0.488 e. The lowest BCUT2D eigenvalue weighted by Crippen LogP contribution is -2.41. The number of nitrogens with zero attached hydrogens (tertiary/aromatic N) is 7. The Hall–Kier alpha value is -4.25. The molecule has 11 nitrogen and oxygen atoms in total. The van der Waals surface area contributed by atoms with Gasteiger partial charge in [0.1, 0.15) is 18.6 Å². The number of hydrogen-bond donors (Lipinski definition) is 1. The van der Waals surface area contributed by atoms with Crippen molar-refractivity contribution in [1.82, 2.24) is 29.3 Å². The molecule has 3 aromatic heterocycles. The summed E-state index contributed by atoms with van der Waals surface area (Å²) in [6, 6.07) is 7.47. The van der Waals surface area contributed by atoms with Crippen LogP contribution in [0.25, 0.3) is 17.1 Å². The molecule has 0 radical (unpaired) electrons. The predicted molar refractivity (Wildman–Crippen MR) is 145 cm³/mol. The van der Waals surface area contributed by atoms with Gasteiger partial charge in [0.15, 0.2) is 11.6 Å². The van der Waals surface area contributed by atoms with Gasteiger partial charge in [-0.1, -0.05) is 6.07 Å². The van der Waals surface area contributed by atoms with Crippen LogP contribution in [0.15, 0.2) is 49.3 Å². The Morgan fingerprint density at radius 1 is 1.13 bits per heavy atom. The zero-order valence-corrected chi connectivity index (χ0v) is 21.9. The van der Waals surface area contributed by atoms with Crippen LogP contribution in [0.5, 0.6) is 5.75 Å². The normalized spacial score (nSPS) is 20.5. The maximum absolute atomic E-state index is 13.6. The Morgan fingerprint density at radius 3 is 2.87 bits per heavy atom. The third kappa shape index (κ3) is 4.42. The Kier molecular flexibility index (Phi) is 5.80. The van der Waals surface area contributed by atoms with E-state index in [-0.39, 0.29) is 18.1 Å². The first-order chi connectivity index (χ1) is 19.0. The van der Waals surface area contributed by atoms with Crippen LogP contribution in [0.2, 0.25) is 0 Å². The second kappa shape index (κ2) is 9.49. The van der Waals surface area contributed by atoms with E-state index in [9.17, 15) is 4.79 Å². The van der Waals surface area contributed by atoms with Crippen molar-refractivity contribution in [2.45, 2.75) is 44.8 Å². The summed E-state index contributed by atoms with van der Waals surface area (Å²) in [6.45, 7) is 6.65. The Bertz CT molecular complexity index is 1540. The number of nitrogens with one attached hydrogen (secondary N) is 1. The van der Waals surface area contributed by atoms with Gasteiger partial charge in [-0.15, -0.1) is 0 Å². The molecule has 2 aliphatic heterocycles. The van der Waals surface area contributed by atoms with Gasteiger partial charge in [0.05, 0.1) is 59.6 Å². The first-order valence-corrected chi connectivity index (χ1v) is 13.4. The van der Waals surface area contributed by atoms with Gasteiger partial charge in [0.2, 0.25) is 0 Å². The fourth-order valence-electron chi connectivity index (χ4n) is 5.30. The highest BCUT2D eigenvalue weighted by Gasteiger charge is 2.28. The third-order valence-electron chi connectivity index (χ3n) is 7.52. The molecule has 0 spiro atoms. The number of carbonyl (C=O) groups is 1. The molecule has 1 aromatic carbocycles. The van der Waals surface area contributed by atoms with E-state index in [0.29, 0.717) is 42.1 Å². The summed E-state index contributed by atoms with van der Waals surface area (Å²) in [5.74, 6) is 1.50. The summed E-state index contributed by atoms with van der Waals surface area (Å²) in [4.78, 5) is 29.5. The lowest BCUT2D eigenvalue weighted by atomic mass is 10.1. The molecule has 0 unspecified atom stereocenters. The van der Waals surface area contributed by atoms with Gasteiger partial charge in [-0.05, 0) is 44.9 Å². The van der Waals surface area contributed by atoms with E-state index in [4.69, 9.17) is 9.47 Å². The number of hydrogen-bond acceptors (Lipinski definition) is 8. The molecular formula is C28H30N8O3. The average molecular weight is 527 g/mol. The van der Waals surface area contributed by atoms with Crippen LogP contribution in [-0.4, -0.2) is 67.6 Å². The van der Waals surface area contributed by atoms with Crippen molar-refractivity contribution >= 4 is 17.3 Å². The fraction of sp³-hybridized carbons (Fsp3) is 0.393. The van der Waals surface area contributed by atoms with Gasteiger partial charge in [-0.3, -0.25) is 4.79 Å². The number of aromatic nitrogens is 6. The molecule has 1 saturated heterocycles. The molecule has 11 heteroatoms. The molecule has 2 atom stereocenters. The number of pyridine rings is 1. The van der Waals surface area contributed by atoms with E-state index in [2.05, 4.69) is 43.4 Å². The molecule has 4 aromatic rings. The highest BCUT2D eigenvalue weighted by Crippen LogP contribution is 2.40. The van der Waals surface area contributed by atoms with Gasteiger partial charge in [0, 0.05) is 25.2 Å². The van der Waals surface area contributed by atoms with Gasteiger partial charge >= 0.3 is 0 Å². The molecule has 7 rings (SSSR count). The van der Waals surface area contributed by atoms with E-state index >= 15 is 0 Å². The van der Waals surface area contributed by atoms with Crippen molar-refractivity contribution in [3.05, 3.63) is 60.7 Å². The van der Waals surface area contributed by atoms with Crippen LogP contribution in [-0.2, 0) is 4.74 Å². The molecule has 2 fully saturated rings. The van der Waals surface area contributed by atoms with Gasteiger partial charge in [-0.25, -0.2) is 19.6 Å². The number of imidazole rings is 1. The van der Waals surface area contributed by atoms with Crippen LogP contribution in [0, 0.1) is 0 Å². The Balaban J connectivity index is 1.23. The number of carbonyl (C=O) groups excluding carboxylic acids is 1. The molecular weight excluding hydrogens is 496 g/mol. The Morgan fingerprint density at radius 2 is 2.03 bits per heavy atom. The van der Waals surface area contributed by atoms with Crippen LogP contribution in [0.1, 0.15) is 54.8 Å². The van der Waals surface area contributed by atoms with Crippen molar-refractivity contribution in [2.24, 2.45) is 0 Å². The summed E-state index contributed by atoms with van der Waals surface area (Å²) in [5, 5.41) is 7.38. The molecule has 1 aliphatic carbocycles. The maximum Gasteiger partial charge on any atom is 0.274 e. The van der Waals surface area contributed by atoms with E-state index in [1.54, 1.807) is 12.5 Å². The minimum absolute atomic E-state index is 0.00818. The van der Waals surface area contributed by atoms with E-state index < -0.39 is 0 Å². The minimum Gasteiger partial charge on any atom is -0.488 e. The molecule has 39 heavy (non-hydrogen) atoms. The van der Waals surface area contributed by atoms with E-state index in [1.807, 2.05) is 46.8 Å². The van der Waals surface area contributed by atoms with E-state index in [0.717, 1.165) is 35.7 Å². The quantitative estimate of drug-likeness (QED) is 0.418. The molecule has 0 bridgehead atoms. The summed E-state index contributed by atoms with van der Waals surface area (Å²) in [5.41, 5.74) is 4.56. The van der Waals surface area contributed by atoms with Gasteiger partial charge < -0.3 is 24.3 Å². The second-order valence-electron chi connectivity index (χ2n) is 10.5. The number of anilines is 2. The zero-order chi connectivity index (χ0) is 26.5. The smallest absolute Gasteiger partial charge is 0.274 e. The predicted octanol–water partition coefficient (Wildman–Crippen LogP) is 3.83. The second-order valence-corrected chi connectivity index (χ2v) is 10.5. The summed E-state index contributed by atoms with van der Waals surface area (Å²) >= 11 is 0. The third-order valence-corrected chi connectivity index (χ3v) is 7.52. The fourth-order valence-corrected chi connectivity index (χ4v) is 5.30. The monoisotopic (exact) mass is 526 g/mol. The number of benzene rings is 1. The standard InChI is InChI=1S/C28H30N8O3/c1-17-14-39-26-20(27-30-15-32-36(17)27)4-3-5-21(26)33-28(37)22-10-24(35-13-23(31-16-35)19-6-7-19)25(11-29-22)34-8-9-38-18(2)12-34/h3-5,10-11,13,15-19H,6-9,12,14H2,1-2H3,(H,33,37)/t17-,18+/m0/s1. The van der Waals surface area contributed by atoms with Crippen molar-refractivity contribution in [1.29, 1.82) is 0 Å². The molecule has 1 amide bonds. The molecule has 200 valence electrons. The van der Waals surface area contributed by atoms with Crippen molar-refractivity contribution in [2.75, 3.05) is 36.5 Å². The summed E-state index contributed by atoms with van der Waals surface area (Å²) in [7, 11) is 0. The molecule has 1 saturated carbocycles. The number of ether oxygens (including phenoxy) is 2. The van der Waals surface area contributed by atoms with Crippen LogP contribution in [0.4, 0.5) is 11.4 Å². The zero-order valence-electron chi connectivity index (χ0n) is 21.9. The first-order valence-electron chi connectivity index (χ1n) is 13.4. The van der Waals surface area contributed by atoms with Gasteiger partial charge in [-0.2, -0.15) is 5.10 Å². The lowest BCUT2D eigenvalue weighted by molar-refractivity contribution is 0.0532. The molecule has 5 heterocycles. The van der Waals surface area contributed by atoms with Crippen LogP contribution >= 0.6 is 0 Å². The topological polar surface area (TPSA) is 112 Å². The van der Waals surface area contributed by atoms with Crippen molar-refractivity contribution in [3.63, 3.8) is 0 Å². The summed E-state index contributed by atoms with van der Waals surface area (Å²) < 4.78 is 15.7. The Labute approximate surface area is 225 Å². The number of fused-ring (bicyclic) bond motifs is 3. The molecule has 3 aliphatic rings. The van der Waals surface area contributed by atoms with Crippen molar-refractivity contribution in [3.8, 4) is 22.8 Å². The highest BCUT2D eigenvalue weighted by molar-refractivity contribution is 6.05. The van der Waals surface area contributed by atoms with Gasteiger partial charge in [0.25, 0.3) is 5.91 Å². The number of morpholine rings is 1. The van der Waals surface area contributed by atoms with Crippen LogP contribution < -0.4 is 15.0 Å². The number of para-hydroxylation sites is 1. The average Bonchev–Trinajstić information content (AvgIpc) is 3.50. The number of amides is 1. The first kappa shape index (κ1) is 23.8. The maximum atomic E-state index is 13.6. The number of rotatable bonds is 5. The molecule has 1 N–H and O–H groups in total. The van der Waals surface area contributed by atoms with Crippen LogP contribution in [0.3, 0.4) is 0 Å². The lowest BCUT2D eigenvalue weighted by Gasteiger charge is -2.34. The summed E-state index contributed by atoms with van der Waals surface area (Å²) in [6.07, 6.45) is 9.69. The van der Waals surface area contributed by atoms with Crippen molar-refractivity contribution < 1.29 is 14.3 Å².